The van der Waals surface area contributed by atoms with Crippen LogP contribution in [-0.2, 0) is 4.74 Å². The van der Waals surface area contributed by atoms with Gasteiger partial charge in [-0.25, -0.2) is 0 Å². The third kappa shape index (κ3) is 5.53. The number of nitro benzene ring substituents is 1. The largest absolute Gasteiger partial charge is 0.377 e. The number of hydrogen-bond acceptors (Lipinski definition) is 5. The van der Waals surface area contributed by atoms with E-state index in [1.807, 2.05) is 0 Å². The molecule has 1 amide bonds. The normalized spacial score (nSPS) is 19.4. The molecule has 0 radical (unpaired) electrons. The molecule has 2 aliphatic rings. The van der Waals surface area contributed by atoms with Crippen molar-refractivity contribution in [2.24, 2.45) is 0 Å². The lowest BCUT2D eigenvalue weighted by Gasteiger charge is -2.14. The molecule has 0 saturated carbocycles. The van der Waals surface area contributed by atoms with Gasteiger partial charge in [-0.3, -0.25) is 14.9 Å². The van der Waals surface area contributed by atoms with Gasteiger partial charge in [0.2, 0.25) is 0 Å². The summed E-state index contributed by atoms with van der Waals surface area (Å²) in [5.41, 5.74) is 2.03. The van der Waals surface area contributed by atoms with E-state index in [0.717, 1.165) is 38.7 Å². The predicted molar refractivity (Wildman–Crippen MR) is 104 cm³/mol. The number of nitrogens with zero attached hydrogens (tertiary/aromatic N) is 1. The highest BCUT2D eigenvalue weighted by Crippen LogP contribution is 2.26. The van der Waals surface area contributed by atoms with Gasteiger partial charge >= 0.3 is 0 Å². The van der Waals surface area contributed by atoms with Crippen LogP contribution in [0.3, 0.4) is 0 Å². The molecule has 1 aliphatic heterocycles. The van der Waals surface area contributed by atoms with Crippen molar-refractivity contribution in [1.29, 1.82) is 0 Å². The number of anilines is 1. The summed E-state index contributed by atoms with van der Waals surface area (Å²) in [6.45, 7) is 1.82. The smallest absolute Gasteiger partial charge is 0.293 e. The molecule has 3 rings (SSSR count). The predicted octanol–water partition coefficient (Wildman–Crippen LogP) is 3.81. The Kier molecular flexibility index (Phi) is 6.81. The number of allylic oxidation sites excluding steroid dienone is 1. The first-order valence-electron chi connectivity index (χ1n) is 9.73. The van der Waals surface area contributed by atoms with E-state index in [1.165, 1.54) is 24.5 Å². The molecule has 1 heterocycles. The first-order valence-corrected chi connectivity index (χ1v) is 9.73. The molecule has 1 aromatic carbocycles. The maximum Gasteiger partial charge on any atom is 0.293 e. The Bertz CT molecular complexity index is 711. The van der Waals surface area contributed by atoms with Gasteiger partial charge in [-0.05, 0) is 57.1 Å². The molecule has 0 spiro atoms. The molecule has 7 nitrogen and oxygen atoms in total. The van der Waals surface area contributed by atoms with E-state index in [2.05, 4.69) is 16.7 Å². The highest BCUT2D eigenvalue weighted by atomic mass is 16.6. The summed E-state index contributed by atoms with van der Waals surface area (Å²) in [6, 6.07) is 4.57. The van der Waals surface area contributed by atoms with Crippen LogP contribution in [0.15, 0.2) is 29.8 Å². The topological polar surface area (TPSA) is 93.5 Å². The van der Waals surface area contributed by atoms with E-state index in [4.69, 9.17) is 4.74 Å². The van der Waals surface area contributed by atoms with Crippen LogP contribution in [0.4, 0.5) is 11.4 Å². The third-order valence-corrected chi connectivity index (χ3v) is 5.12. The van der Waals surface area contributed by atoms with Crippen molar-refractivity contribution in [3.05, 3.63) is 45.5 Å². The number of hydrogen-bond donors (Lipinski definition) is 2. The zero-order chi connectivity index (χ0) is 19.1. The van der Waals surface area contributed by atoms with E-state index in [0.29, 0.717) is 24.3 Å². The lowest BCUT2D eigenvalue weighted by molar-refractivity contribution is -0.384. The first kappa shape index (κ1) is 19.4. The molecule has 2 N–H and O–H groups in total. The second-order valence-corrected chi connectivity index (χ2v) is 7.12. The van der Waals surface area contributed by atoms with Gasteiger partial charge in [0.25, 0.3) is 11.6 Å². The number of nitro groups is 1. The standard InChI is InChI=1S/C20H27N3O4/c24-20(21-11-10-15-5-2-1-3-6-15)16-8-9-18(19(13-16)23(25)26)22-14-17-7-4-12-27-17/h5,8-9,13,17,22H,1-4,6-7,10-12,14H2,(H,21,24)/t17-/m1/s1. The van der Waals surface area contributed by atoms with Gasteiger partial charge < -0.3 is 15.4 Å². The maximum atomic E-state index is 12.3. The van der Waals surface area contributed by atoms with E-state index >= 15 is 0 Å². The van der Waals surface area contributed by atoms with Gasteiger partial charge in [-0.15, -0.1) is 0 Å². The summed E-state index contributed by atoms with van der Waals surface area (Å²) in [4.78, 5) is 23.3. The Labute approximate surface area is 159 Å². The van der Waals surface area contributed by atoms with Crippen LogP contribution in [0.5, 0.6) is 0 Å². The molecule has 1 atom stereocenters. The number of benzene rings is 1. The zero-order valence-electron chi connectivity index (χ0n) is 15.5. The fourth-order valence-electron chi connectivity index (χ4n) is 3.57. The maximum absolute atomic E-state index is 12.3. The SMILES string of the molecule is O=C(NCCC1=CCCCC1)c1ccc(NC[C@H]2CCCO2)c([N+](=O)[O-])c1. The molecule has 0 unspecified atom stereocenters. The number of nitrogens with one attached hydrogen (secondary N) is 2. The van der Waals surface area contributed by atoms with Crippen molar-refractivity contribution in [3.63, 3.8) is 0 Å². The molecule has 27 heavy (non-hydrogen) atoms. The Morgan fingerprint density at radius 1 is 1.30 bits per heavy atom. The van der Waals surface area contributed by atoms with Gasteiger partial charge in [0.15, 0.2) is 0 Å². The van der Waals surface area contributed by atoms with Crippen LogP contribution in [-0.4, -0.2) is 36.6 Å². The van der Waals surface area contributed by atoms with Crippen LogP contribution in [0, 0.1) is 10.1 Å². The zero-order valence-corrected chi connectivity index (χ0v) is 15.5. The van der Waals surface area contributed by atoms with Crippen LogP contribution < -0.4 is 10.6 Å². The van der Waals surface area contributed by atoms with Gasteiger partial charge in [0, 0.05) is 31.3 Å². The van der Waals surface area contributed by atoms with Gasteiger partial charge in [-0.1, -0.05) is 11.6 Å². The van der Waals surface area contributed by atoms with Gasteiger partial charge in [0.05, 0.1) is 11.0 Å². The Balaban J connectivity index is 1.57. The second-order valence-electron chi connectivity index (χ2n) is 7.12. The van der Waals surface area contributed by atoms with E-state index in [1.54, 1.807) is 12.1 Å². The van der Waals surface area contributed by atoms with E-state index in [9.17, 15) is 14.9 Å². The summed E-state index contributed by atoms with van der Waals surface area (Å²) in [5.74, 6) is -0.278. The first-order chi connectivity index (χ1) is 13.1. The lowest BCUT2D eigenvalue weighted by atomic mass is 9.97. The van der Waals surface area contributed by atoms with Crippen molar-refractivity contribution in [1.82, 2.24) is 5.32 Å². The van der Waals surface area contributed by atoms with Crippen molar-refractivity contribution < 1.29 is 14.5 Å². The van der Waals surface area contributed by atoms with Crippen molar-refractivity contribution in [2.45, 2.75) is 51.0 Å². The summed E-state index contributed by atoms with van der Waals surface area (Å²) >= 11 is 0. The molecule has 1 aliphatic carbocycles. The van der Waals surface area contributed by atoms with Crippen LogP contribution >= 0.6 is 0 Å². The van der Waals surface area contributed by atoms with E-state index in [-0.39, 0.29) is 17.7 Å². The van der Waals surface area contributed by atoms with Crippen LogP contribution in [0.2, 0.25) is 0 Å². The molecular weight excluding hydrogens is 346 g/mol. The molecule has 1 saturated heterocycles. The van der Waals surface area contributed by atoms with Crippen molar-refractivity contribution in [2.75, 3.05) is 25.0 Å². The van der Waals surface area contributed by atoms with E-state index < -0.39 is 4.92 Å². The fourth-order valence-corrected chi connectivity index (χ4v) is 3.57. The summed E-state index contributed by atoms with van der Waals surface area (Å²) < 4.78 is 5.53. The van der Waals surface area contributed by atoms with Gasteiger partial charge in [-0.2, -0.15) is 0 Å². The minimum atomic E-state index is -0.457. The Hall–Kier alpha value is -2.41. The van der Waals surface area contributed by atoms with Gasteiger partial charge in [0.1, 0.15) is 5.69 Å². The molecule has 1 aromatic rings. The Morgan fingerprint density at radius 3 is 2.89 bits per heavy atom. The number of carbonyl (C=O) groups excluding carboxylic acids is 1. The third-order valence-electron chi connectivity index (χ3n) is 5.12. The molecular formula is C20H27N3O4. The molecule has 7 heteroatoms. The minimum absolute atomic E-state index is 0.0849. The number of rotatable bonds is 8. The monoisotopic (exact) mass is 373 g/mol. The summed E-state index contributed by atoms with van der Waals surface area (Å²) in [7, 11) is 0. The number of carbonyl (C=O) groups is 1. The number of amides is 1. The Morgan fingerprint density at radius 2 is 2.19 bits per heavy atom. The fraction of sp³-hybridized carbons (Fsp3) is 0.550. The number of ether oxygens (including phenoxy) is 1. The van der Waals surface area contributed by atoms with Crippen molar-refractivity contribution in [3.8, 4) is 0 Å². The molecule has 0 aromatic heterocycles. The second kappa shape index (κ2) is 9.50. The quantitative estimate of drug-likeness (QED) is 0.411. The van der Waals surface area contributed by atoms with Crippen molar-refractivity contribution >= 4 is 17.3 Å². The highest BCUT2D eigenvalue weighted by molar-refractivity contribution is 5.95. The summed E-state index contributed by atoms with van der Waals surface area (Å²) in [6.07, 6.45) is 9.84. The average molecular weight is 373 g/mol. The van der Waals surface area contributed by atoms with Crippen LogP contribution in [0.25, 0.3) is 0 Å². The molecule has 0 bridgehead atoms. The minimum Gasteiger partial charge on any atom is -0.377 e. The average Bonchev–Trinajstić information content (AvgIpc) is 3.20. The van der Waals surface area contributed by atoms with Crippen LogP contribution in [0.1, 0.15) is 55.3 Å². The molecule has 1 fully saturated rings. The highest BCUT2D eigenvalue weighted by Gasteiger charge is 2.20. The lowest BCUT2D eigenvalue weighted by Crippen LogP contribution is -2.25. The molecule has 146 valence electrons. The summed E-state index contributed by atoms with van der Waals surface area (Å²) in [5, 5.41) is 17.4.